The molecule has 0 radical (unpaired) electrons. The molecule has 0 bridgehead atoms. The minimum absolute atomic E-state index is 0.0214. The first-order valence-corrected chi connectivity index (χ1v) is 6.33. The van der Waals surface area contributed by atoms with Crippen molar-refractivity contribution in [3.63, 3.8) is 0 Å². The molecule has 102 valence electrons. The third kappa shape index (κ3) is 3.72. The second kappa shape index (κ2) is 6.40. The fraction of sp³-hybridized carbons (Fsp3) is 0. The minimum Gasteiger partial charge on any atom is -0.317 e. The van der Waals surface area contributed by atoms with Gasteiger partial charge in [-0.25, -0.2) is 9.37 Å². The van der Waals surface area contributed by atoms with Crippen molar-refractivity contribution in [2.75, 3.05) is 5.32 Å². The Kier molecular flexibility index (Phi) is 4.60. The van der Waals surface area contributed by atoms with E-state index < -0.39 is 11.7 Å². The number of rotatable bonds is 2. The van der Waals surface area contributed by atoms with Gasteiger partial charge in [-0.05, 0) is 36.5 Å². The van der Waals surface area contributed by atoms with E-state index in [9.17, 15) is 9.18 Å². The van der Waals surface area contributed by atoms with Gasteiger partial charge in [0, 0.05) is 6.20 Å². The van der Waals surface area contributed by atoms with Crippen LogP contribution in [-0.2, 0) is 0 Å². The SMILES string of the molecule is O=C(NC(=S)Nc1ccc(Cl)cn1)c1ccccc1F. The van der Waals surface area contributed by atoms with E-state index in [0.717, 1.165) is 0 Å². The van der Waals surface area contributed by atoms with Crippen LogP contribution in [0.25, 0.3) is 0 Å². The van der Waals surface area contributed by atoms with E-state index in [-0.39, 0.29) is 10.7 Å². The summed E-state index contributed by atoms with van der Waals surface area (Å²) in [6.45, 7) is 0. The molecule has 2 aromatic rings. The zero-order chi connectivity index (χ0) is 14.5. The zero-order valence-corrected chi connectivity index (χ0v) is 11.6. The number of hydrogen-bond donors (Lipinski definition) is 2. The standard InChI is InChI=1S/C13H9ClFN3OS/c14-8-5-6-11(16-7-8)17-13(20)18-12(19)9-3-1-2-4-10(9)15/h1-7H,(H2,16,17,18,19,20). The van der Waals surface area contributed by atoms with Crippen molar-refractivity contribution < 1.29 is 9.18 Å². The number of aromatic nitrogens is 1. The zero-order valence-electron chi connectivity index (χ0n) is 10.1. The minimum atomic E-state index is -0.630. The Hall–Kier alpha value is -2.05. The van der Waals surface area contributed by atoms with E-state index in [1.165, 1.54) is 24.4 Å². The molecule has 7 heteroatoms. The van der Waals surface area contributed by atoms with Gasteiger partial charge in [0.1, 0.15) is 11.6 Å². The summed E-state index contributed by atoms with van der Waals surface area (Å²) in [5, 5.41) is 5.57. The predicted octanol–water partition coefficient (Wildman–Crippen LogP) is 3.00. The van der Waals surface area contributed by atoms with Gasteiger partial charge in [-0.15, -0.1) is 0 Å². The summed E-state index contributed by atoms with van der Waals surface area (Å²) in [5.41, 5.74) is -0.0827. The fourth-order valence-corrected chi connectivity index (χ4v) is 1.72. The van der Waals surface area contributed by atoms with Gasteiger partial charge in [0.2, 0.25) is 0 Å². The Bertz CT molecular complexity index is 648. The summed E-state index contributed by atoms with van der Waals surface area (Å²) in [6, 6.07) is 8.86. The van der Waals surface area contributed by atoms with Gasteiger partial charge in [-0.3, -0.25) is 10.1 Å². The largest absolute Gasteiger partial charge is 0.317 e. The summed E-state index contributed by atoms with van der Waals surface area (Å²) in [7, 11) is 0. The first-order chi connectivity index (χ1) is 9.56. The van der Waals surface area contributed by atoms with Crippen LogP contribution < -0.4 is 10.6 Å². The lowest BCUT2D eigenvalue weighted by Crippen LogP contribution is -2.34. The van der Waals surface area contributed by atoms with Crippen LogP contribution >= 0.6 is 23.8 Å². The van der Waals surface area contributed by atoms with Crippen LogP contribution in [-0.4, -0.2) is 16.0 Å². The molecule has 0 unspecified atom stereocenters. The number of nitrogens with zero attached hydrogens (tertiary/aromatic N) is 1. The van der Waals surface area contributed by atoms with Crippen molar-refractivity contribution in [3.8, 4) is 0 Å². The van der Waals surface area contributed by atoms with E-state index in [1.807, 2.05) is 0 Å². The van der Waals surface area contributed by atoms with E-state index in [2.05, 4.69) is 15.6 Å². The molecule has 4 nitrogen and oxygen atoms in total. The molecule has 1 aromatic heterocycles. The topological polar surface area (TPSA) is 54.0 Å². The highest BCUT2D eigenvalue weighted by atomic mass is 35.5. The third-order valence-corrected chi connectivity index (χ3v) is 2.74. The second-order valence-electron chi connectivity index (χ2n) is 3.75. The van der Waals surface area contributed by atoms with Gasteiger partial charge in [0.15, 0.2) is 5.11 Å². The van der Waals surface area contributed by atoms with Crippen molar-refractivity contribution in [3.05, 3.63) is 59.0 Å². The molecule has 0 aliphatic carbocycles. The molecule has 1 aromatic carbocycles. The first kappa shape index (κ1) is 14.4. The van der Waals surface area contributed by atoms with Gasteiger partial charge in [-0.1, -0.05) is 23.7 Å². The van der Waals surface area contributed by atoms with Crippen molar-refractivity contribution >= 4 is 40.7 Å². The number of benzene rings is 1. The van der Waals surface area contributed by atoms with Crippen LogP contribution in [0.1, 0.15) is 10.4 Å². The number of thiocarbonyl (C=S) groups is 1. The predicted molar refractivity (Wildman–Crippen MR) is 79.3 cm³/mol. The molecule has 2 rings (SSSR count). The Morgan fingerprint density at radius 1 is 1.25 bits per heavy atom. The van der Waals surface area contributed by atoms with E-state index in [1.54, 1.807) is 18.2 Å². The van der Waals surface area contributed by atoms with Crippen LogP contribution in [0.5, 0.6) is 0 Å². The average Bonchev–Trinajstić information content (AvgIpc) is 2.41. The summed E-state index contributed by atoms with van der Waals surface area (Å²) < 4.78 is 13.4. The Morgan fingerprint density at radius 2 is 2.00 bits per heavy atom. The Labute approximate surface area is 125 Å². The lowest BCUT2D eigenvalue weighted by atomic mass is 10.2. The molecule has 20 heavy (non-hydrogen) atoms. The molecule has 0 saturated heterocycles. The molecular formula is C13H9ClFN3OS. The Morgan fingerprint density at radius 3 is 2.65 bits per heavy atom. The number of nitrogens with one attached hydrogen (secondary N) is 2. The lowest BCUT2D eigenvalue weighted by molar-refractivity contribution is 0.0974. The van der Waals surface area contributed by atoms with E-state index >= 15 is 0 Å². The third-order valence-electron chi connectivity index (χ3n) is 2.31. The molecular weight excluding hydrogens is 301 g/mol. The van der Waals surface area contributed by atoms with E-state index in [4.69, 9.17) is 23.8 Å². The summed E-state index contributed by atoms with van der Waals surface area (Å²) in [4.78, 5) is 15.8. The van der Waals surface area contributed by atoms with Crippen LogP contribution in [0, 0.1) is 5.82 Å². The maximum atomic E-state index is 13.4. The highest BCUT2D eigenvalue weighted by Gasteiger charge is 2.12. The van der Waals surface area contributed by atoms with E-state index in [0.29, 0.717) is 10.8 Å². The van der Waals surface area contributed by atoms with Crippen LogP contribution in [0.15, 0.2) is 42.6 Å². The average molecular weight is 310 g/mol. The molecule has 0 aliphatic heterocycles. The molecule has 0 fully saturated rings. The maximum absolute atomic E-state index is 13.4. The van der Waals surface area contributed by atoms with Crippen molar-refractivity contribution in [2.45, 2.75) is 0 Å². The number of amides is 1. The van der Waals surface area contributed by atoms with Crippen molar-refractivity contribution in [1.82, 2.24) is 10.3 Å². The highest BCUT2D eigenvalue weighted by Crippen LogP contribution is 2.10. The number of anilines is 1. The second-order valence-corrected chi connectivity index (χ2v) is 4.59. The molecule has 2 N–H and O–H groups in total. The van der Waals surface area contributed by atoms with Crippen LogP contribution in [0.2, 0.25) is 5.02 Å². The normalized spacial score (nSPS) is 9.90. The van der Waals surface area contributed by atoms with Crippen molar-refractivity contribution in [1.29, 1.82) is 0 Å². The Balaban J connectivity index is 2.00. The molecule has 0 saturated carbocycles. The van der Waals surface area contributed by atoms with Gasteiger partial charge in [0.25, 0.3) is 5.91 Å². The summed E-state index contributed by atoms with van der Waals surface area (Å²) >= 11 is 10.6. The first-order valence-electron chi connectivity index (χ1n) is 5.54. The smallest absolute Gasteiger partial charge is 0.260 e. The monoisotopic (exact) mass is 309 g/mol. The lowest BCUT2D eigenvalue weighted by Gasteiger charge is -2.09. The van der Waals surface area contributed by atoms with Gasteiger partial charge < -0.3 is 5.32 Å². The van der Waals surface area contributed by atoms with Gasteiger partial charge in [-0.2, -0.15) is 0 Å². The number of carbonyl (C=O) groups excluding carboxylic acids is 1. The molecule has 1 heterocycles. The number of pyridine rings is 1. The summed E-state index contributed by atoms with van der Waals surface area (Å²) in [5.74, 6) is -0.819. The maximum Gasteiger partial charge on any atom is 0.260 e. The van der Waals surface area contributed by atoms with Crippen LogP contribution in [0.3, 0.4) is 0 Å². The number of carbonyl (C=O) groups is 1. The molecule has 1 amide bonds. The molecule has 0 aliphatic rings. The van der Waals surface area contributed by atoms with Crippen molar-refractivity contribution in [2.24, 2.45) is 0 Å². The fourth-order valence-electron chi connectivity index (χ4n) is 1.41. The van der Waals surface area contributed by atoms with Gasteiger partial charge in [0.05, 0.1) is 10.6 Å². The van der Waals surface area contributed by atoms with Gasteiger partial charge >= 0.3 is 0 Å². The summed E-state index contributed by atoms with van der Waals surface area (Å²) in [6.07, 6.45) is 1.44. The molecule has 0 atom stereocenters. The number of halogens is 2. The number of hydrogen-bond acceptors (Lipinski definition) is 3. The quantitative estimate of drug-likeness (QED) is 0.837. The molecule has 0 spiro atoms. The van der Waals surface area contributed by atoms with Crippen LogP contribution in [0.4, 0.5) is 10.2 Å². The highest BCUT2D eigenvalue weighted by molar-refractivity contribution is 7.80.